The molecule has 0 atom stereocenters. The molecule has 0 fully saturated rings. The molecule has 0 unspecified atom stereocenters. The Morgan fingerprint density at radius 3 is 2.62 bits per heavy atom. The highest BCUT2D eigenvalue weighted by Gasteiger charge is 2.20. The molecule has 1 N–H and O–H groups in total. The SMILES string of the molecule is CC.O=C(O)c1ccc2c(n1)C(=O)CCC2. The fraction of sp³-hybridized carbons (Fsp3) is 0.417. The van der Waals surface area contributed by atoms with Gasteiger partial charge in [0.2, 0.25) is 0 Å². The third-order valence-electron chi connectivity index (χ3n) is 2.31. The van der Waals surface area contributed by atoms with Gasteiger partial charge in [-0.1, -0.05) is 19.9 Å². The van der Waals surface area contributed by atoms with E-state index < -0.39 is 5.97 Å². The molecule has 4 heteroatoms. The second-order valence-corrected chi connectivity index (χ2v) is 3.29. The van der Waals surface area contributed by atoms with Crippen LogP contribution in [-0.2, 0) is 6.42 Å². The minimum Gasteiger partial charge on any atom is -0.477 e. The minimum atomic E-state index is -1.09. The molecule has 1 aromatic heterocycles. The first kappa shape index (κ1) is 12.4. The summed E-state index contributed by atoms with van der Waals surface area (Å²) in [6.07, 6.45) is 2.12. The van der Waals surface area contributed by atoms with Crippen molar-refractivity contribution < 1.29 is 14.7 Å². The van der Waals surface area contributed by atoms with E-state index in [4.69, 9.17) is 5.11 Å². The summed E-state index contributed by atoms with van der Waals surface area (Å²) in [7, 11) is 0. The van der Waals surface area contributed by atoms with Crippen LogP contribution in [-0.4, -0.2) is 21.8 Å². The molecule has 0 aromatic carbocycles. The number of aromatic nitrogens is 1. The van der Waals surface area contributed by atoms with Gasteiger partial charge in [0.1, 0.15) is 11.4 Å². The number of carbonyl (C=O) groups excluding carboxylic acids is 1. The van der Waals surface area contributed by atoms with Crippen LogP contribution in [0.4, 0.5) is 0 Å². The lowest BCUT2D eigenvalue weighted by atomic mass is 9.95. The van der Waals surface area contributed by atoms with Gasteiger partial charge < -0.3 is 5.11 Å². The minimum absolute atomic E-state index is 0.0469. The molecular formula is C12H15NO3. The van der Waals surface area contributed by atoms with E-state index in [-0.39, 0.29) is 11.5 Å². The van der Waals surface area contributed by atoms with E-state index in [1.807, 2.05) is 13.8 Å². The lowest BCUT2D eigenvalue weighted by Gasteiger charge is -2.13. The number of rotatable bonds is 1. The maximum absolute atomic E-state index is 11.4. The zero-order valence-corrected chi connectivity index (χ0v) is 9.49. The Morgan fingerprint density at radius 2 is 2.00 bits per heavy atom. The molecule has 0 bridgehead atoms. The normalized spacial score (nSPS) is 13.5. The van der Waals surface area contributed by atoms with Gasteiger partial charge >= 0.3 is 5.97 Å². The molecule has 1 aliphatic carbocycles. The van der Waals surface area contributed by atoms with Crippen molar-refractivity contribution in [3.05, 3.63) is 29.1 Å². The third kappa shape index (κ3) is 2.45. The zero-order chi connectivity index (χ0) is 12.1. The van der Waals surface area contributed by atoms with Crippen molar-refractivity contribution in [3.63, 3.8) is 0 Å². The summed E-state index contributed by atoms with van der Waals surface area (Å²) in [4.78, 5) is 25.9. The Kier molecular flexibility index (Phi) is 4.17. The van der Waals surface area contributed by atoms with Crippen molar-refractivity contribution in [1.29, 1.82) is 0 Å². The van der Waals surface area contributed by atoms with Crippen molar-refractivity contribution in [2.24, 2.45) is 0 Å². The summed E-state index contributed by atoms with van der Waals surface area (Å²) >= 11 is 0. The number of carboxylic acid groups (broad SMARTS) is 1. The van der Waals surface area contributed by atoms with Gasteiger partial charge in [-0.3, -0.25) is 4.79 Å². The topological polar surface area (TPSA) is 67.3 Å². The molecule has 0 aliphatic heterocycles. The van der Waals surface area contributed by atoms with Gasteiger partial charge in [-0.25, -0.2) is 9.78 Å². The van der Waals surface area contributed by atoms with Gasteiger partial charge in [-0.15, -0.1) is 0 Å². The van der Waals surface area contributed by atoms with Crippen LogP contribution in [0.5, 0.6) is 0 Å². The molecule has 0 radical (unpaired) electrons. The van der Waals surface area contributed by atoms with E-state index in [9.17, 15) is 9.59 Å². The molecule has 86 valence electrons. The van der Waals surface area contributed by atoms with Crippen molar-refractivity contribution in [1.82, 2.24) is 4.98 Å². The number of Topliss-reactive ketones (excluding diaryl/α,β-unsaturated/α-hetero) is 1. The number of fused-ring (bicyclic) bond motifs is 1. The smallest absolute Gasteiger partial charge is 0.354 e. The maximum atomic E-state index is 11.4. The van der Waals surface area contributed by atoms with Gasteiger partial charge in [0, 0.05) is 6.42 Å². The lowest BCUT2D eigenvalue weighted by molar-refractivity contribution is 0.0690. The zero-order valence-electron chi connectivity index (χ0n) is 9.49. The third-order valence-corrected chi connectivity index (χ3v) is 2.31. The van der Waals surface area contributed by atoms with Crippen molar-refractivity contribution >= 4 is 11.8 Å². The van der Waals surface area contributed by atoms with E-state index in [0.717, 1.165) is 18.4 Å². The Hall–Kier alpha value is -1.71. The lowest BCUT2D eigenvalue weighted by Crippen LogP contribution is -2.15. The molecule has 2 rings (SSSR count). The average Bonchev–Trinajstić information content (AvgIpc) is 2.32. The number of carboxylic acids is 1. The van der Waals surface area contributed by atoms with Crippen LogP contribution in [0, 0.1) is 0 Å². The number of aryl methyl sites for hydroxylation is 1. The van der Waals surface area contributed by atoms with Crippen LogP contribution in [0.15, 0.2) is 12.1 Å². The summed E-state index contributed by atoms with van der Waals surface area (Å²) in [6, 6.07) is 3.13. The summed E-state index contributed by atoms with van der Waals surface area (Å²) < 4.78 is 0. The summed E-state index contributed by atoms with van der Waals surface area (Å²) in [5.74, 6) is -1.14. The van der Waals surface area contributed by atoms with Gasteiger partial charge in [0.25, 0.3) is 0 Å². The van der Waals surface area contributed by atoms with Crippen LogP contribution in [0.3, 0.4) is 0 Å². The maximum Gasteiger partial charge on any atom is 0.354 e. The first-order valence-corrected chi connectivity index (χ1v) is 5.45. The highest BCUT2D eigenvalue weighted by molar-refractivity contribution is 5.97. The van der Waals surface area contributed by atoms with Gasteiger partial charge in [0.05, 0.1) is 0 Å². The van der Waals surface area contributed by atoms with Gasteiger partial charge in [0.15, 0.2) is 5.78 Å². The molecule has 1 aromatic rings. The second-order valence-electron chi connectivity index (χ2n) is 3.29. The number of nitrogens with zero attached hydrogens (tertiary/aromatic N) is 1. The second kappa shape index (κ2) is 5.39. The van der Waals surface area contributed by atoms with E-state index in [1.165, 1.54) is 6.07 Å². The van der Waals surface area contributed by atoms with Crippen molar-refractivity contribution in [3.8, 4) is 0 Å². The van der Waals surface area contributed by atoms with E-state index in [2.05, 4.69) is 4.98 Å². The number of carbonyl (C=O) groups is 2. The number of hydrogen-bond acceptors (Lipinski definition) is 3. The highest BCUT2D eigenvalue weighted by atomic mass is 16.4. The highest BCUT2D eigenvalue weighted by Crippen LogP contribution is 2.19. The van der Waals surface area contributed by atoms with E-state index in [0.29, 0.717) is 12.1 Å². The van der Waals surface area contributed by atoms with Crippen LogP contribution < -0.4 is 0 Å². The fourth-order valence-electron chi connectivity index (χ4n) is 1.61. The van der Waals surface area contributed by atoms with Gasteiger partial charge in [-0.05, 0) is 24.5 Å². The standard InChI is InChI=1S/C10H9NO3.C2H6/c12-8-3-1-2-6-4-5-7(10(13)14)11-9(6)8;1-2/h4-5H,1-3H2,(H,13,14);1-2H3. The number of ketones is 1. The number of aromatic carboxylic acids is 1. The molecule has 0 spiro atoms. The molecule has 0 saturated heterocycles. The molecule has 16 heavy (non-hydrogen) atoms. The average molecular weight is 221 g/mol. The first-order chi connectivity index (χ1) is 7.68. The Labute approximate surface area is 94.3 Å². The Balaban J connectivity index is 0.000000606. The summed E-state index contributed by atoms with van der Waals surface area (Å²) in [5.41, 5.74) is 1.15. The predicted octanol–water partition coefficient (Wildman–Crippen LogP) is 2.33. The summed E-state index contributed by atoms with van der Waals surface area (Å²) in [6.45, 7) is 4.00. The fourth-order valence-corrected chi connectivity index (χ4v) is 1.61. The van der Waals surface area contributed by atoms with Crippen LogP contribution in [0.2, 0.25) is 0 Å². The van der Waals surface area contributed by atoms with Crippen molar-refractivity contribution in [2.45, 2.75) is 33.1 Å². The Morgan fingerprint density at radius 1 is 1.31 bits per heavy atom. The molecular weight excluding hydrogens is 206 g/mol. The van der Waals surface area contributed by atoms with Crippen LogP contribution in [0.25, 0.3) is 0 Å². The van der Waals surface area contributed by atoms with Crippen LogP contribution in [0.1, 0.15) is 53.2 Å². The number of pyridine rings is 1. The molecule has 1 heterocycles. The van der Waals surface area contributed by atoms with Crippen LogP contribution >= 0.6 is 0 Å². The molecule has 4 nitrogen and oxygen atoms in total. The summed E-state index contributed by atoms with van der Waals surface area (Å²) in [5, 5.41) is 8.70. The first-order valence-electron chi connectivity index (χ1n) is 5.45. The molecule has 0 amide bonds. The van der Waals surface area contributed by atoms with E-state index in [1.54, 1.807) is 6.07 Å². The van der Waals surface area contributed by atoms with Crippen molar-refractivity contribution in [2.75, 3.05) is 0 Å². The number of hydrogen-bond donors (Lipinski definition) is 1. The Bertz CT molecular complexity index is 413. The largest absolute Gasteiger partial charge is 0.477 e. The van der Waals surface area contributed by atoms with Gasteiger partial charge in [-0.2, -0.15) is 0 Å². The quantitative estimate of drug-likeness (QED) is 0.790. The molecule has 0 saturated carbocycles. The van der Waals surface area contributed by atoms with E-state index >= 15 is 0 Å². The monoisotopic (exact) mass is 221 g/mol. The molecule has 1 aliphatic rings. The predicted molar refractivity (Wildman–Crippen MR) is 59.8 cm³/mol.